The van der Waals surface area contributed by atoms with Crippen molar-refractivity contribution in [3.63, 3.8) is 0 Å². The average molecular weight is 372 g/mol. The van der Waals surface area contributed by atoms with Crippen LogP contribution >= 0.6 is 0 Å². The summed E-state index contributed by atoms with van der Waals surface area (Å²) in [6.45, 7) is 4.59. The fourth-order valence-electron chi connectivity index (χ4n) is 3.25. The van der Waals surface area contributed by atoms with Gasteiger partial charge < -0.3 is 5.32 Å². The van der Waals surface area contributed by atoms with Gasteiger partial charge in [-0.3, -0.25) is 9.10 Å². The Balaban J connectivity index is 1.83. The summed E-state index contributed by atoms with van der Waals surface area (Å²) in [5.74, 6) is 0.182. The molecule has 0 radical (unpaired) electrons. The van der Waals surface area contributed by atoms with Crippen molar-refractivity contribution in [2.24, 2.45) is 5.92 Å². The molecule has 1 aliphatic rings. The van der Waals surface area contributed by atoms with Crippen molar-refractivity contribution in [1.29, 1.82) is 0 Å². The third-order valence-electron chi connectivity index (χ3n) is 4.61. The third-order valence-corrected chi connectivity index (χ3v) is 6.48. The highest BCUT2D eigenvalue weighted by molar-refractivity contribution is 7.93. The Morgan fingerprint density at radius 2 is 1.81 bits per heavy atom. The van der Waals surface area contributed by atoms with Gasteiger partial charge in [-0.25, -0.2) is 8.42 Å². The molecule has 1 fully saturated rings. The maximum atomic E-state index is 12.8. The smallest absolute Gasteiger partial charge is 0.251 e. The number of nitrogens with zero attached hydrogens (tertiary/aromatic N) is 1. The first-order valence-electron chi connectivity index (χ1n) is 8.85. The Labute approximate surface area is 155 Å². The predicted octanol–water partition coefficient (Wildman–Crippen LogP) is 3.35. The Morgan fingerprint density at radius 1 is 1.08 bits per heavy atom. The van der Waals surface area contributed by atoms with E-state index in [1.165, 1.54) is 4.31 Å². The second kappa shape index (κ2) is 7.50. The lowest BCUT2D eigenvalue weighted by molar-refractivity contribution is 0.0925. The fourth-order valence-corrected chi connectivity index (χ4v) is 4.81. The van der Waals surface area contributed by atoms with Gasteiger partial charge in [0.05, 0.1) is 17.5 Å². The number of nitrogens with one attached hydrogen (secondary N) is 1. The molecule has 2 aromatic rings. The SMILES string of the molecule is CC(C)[C@H](NC(=O)c1cccc(N2CCCS2(=O)=O)c1)c1ccccc1. The van der Waals surface area contributed by atoms with Crippen LogP contribution in [-0.2, 0) is 10.0 Å². The van der Waals surface area contributed by atoms with Gasteiger partial charge in [-0.2, -0.15) is 0 Å². The second-order valence-electron chi connectivity index (χ2n) is 6.90. The van der Waals surface area contributed by atoms with Gasteiger partial charge in [-0.1, -0.05) is 50.2 Å². The first-order chi connectivity index (χ1) is 12.4. The third kappa shape index (κ3) is 3.90. The molecule has 0 bridgehead atoms. The zero-order valence-electron chi connectivity index (χ0n) is 15.1. The van der Waals surface area contributed by atoms with Crippen LogP contribution in [0.3, 0.4) is 0 Å². The van der Waals surface area contributed by atoms with E-state index in [4.69, 9.17) is 0 Å². The lowest BCUT2D eigenvalue weighted by atomic mass is 9.95. The minimum atomic E-state index is -3.26. The summed E-state index contributed by atoms with van der Waals surface area (Å²) in [6.07, 6.45) is 0.613. The molecular weight excluding hydrogens is 348 g/mol. The minimum absolute atomic E-state index is 0.108. The number of hydrogen-bond acceptors (Lipinski definition) is 3. The monoisotopic (exact) mass is 372 g/mol. The van der Waals surface area contributed by atoms with Gasteiger partial charge >= 0.3 is 0 Å². The number of sulfonamides is 1. The molecule has 1 N–H and O–H groups in total. The summed E-state index contributed by atoms with van der Waals surface area (Å²) in [4.78, 5) is 12.8. The Bertz CT molecular complexity index is 879. The highest BCUT2D eigenvalue weighted by Crippen LogP contribution is 2.26. The molecule has 0 aliphatic carbocycles. The van der Waals surface area contributed by atoms with Crippen molar-refractivity contribution < 1.29 is 13.2 Å². The fraction of sp³-hybridized carbons (Fsp3) is 0.350. The van der Waals surface area contributed by atoms with E-state index in [1.54, 1.807) is 24.3 Å². The lowest BCUT2D eigenvalue weighted by Gasteiger charge is -2.23. The van der Waals surface area contributed by atoms with Crippen LogP contribution in [0.15, 0.2) is 54.6 Å². The van der Waals surface area contributed by atoms with E-state index in [0.29, 0.717) is 24.2 Å². The van der Waals surface area contributed by atoms with Crippen LogP contribution in [0.1, 0.15) is 42.2 Å². The standard InChI is InChI=1S/C20H24N2O3S/c1-15(2)19(16-8-4-3-5-9-16)21-20(23)17-10-6-11-18(14-17)22-12-7-13-26(22,24)25/h3-6,8-11,14-15,19H,7,12-13H2,1-2H3,(H,21,23)/t19-/m0/s1. The highest BCUT2D eigenvalue weighted by Gasteiger charge is 2.29. The van der Waals surface area contributed by atoms with Gasteiger partial charge in [-0.15, -0.1) is 0 Å². The summed E-state index contributed by atoms with van der Waals surface area (Å²) in [7, 11) is -3.26. The molecule has 6 heteroatoms. The van der Waals surface area contributed by atoms with E-state index in [0.717, 1.165) is 5.56 Å². The van der Waals surface area contributed by atoms with Crippen LogP contribution < -0.4 is 9.62 Å². The molecule has 1 atom stereocenters. The molecule has 3 rings (SSSR count). The number of carbonyl (C=O) groups is 1. The van der Waals surface area contributed by atoms with Crippen LogP contribution in [0.5, 0.6) is 0 Å². The molecule has 138 valence electrons. The molecule has 2 aromatic carbocycles. The van der Waals surface area contributed by atoms with E-state index >= 15 is 0 Å². The van der Waals surface area contributed by atoms with E-state index in [9.17, 15) is 13.2 Å². The van der Waals surface area contributed by atoms with Crippen molar-refractivity contribution in [3.8, 4) is 0 Å². The van der Waals surface area contributed by atoms with Gasteiger partial charge in [-0.05, 0) is 36.1 Å². The summed E-state index contributed by atoms with van der Waals surface area (Å²) in [5.41, 5.74) is 2.07. The zero-order valence-corrected chi connectivity index (χ0v) is 15.9. The lowest BCUT2D eigenvalue weighted by Crippen LogP contribution is -2.32. The molecular formula is C20H24N2O3S. The van der Waals surface area contributed by atoms with Crippen LogP contribution in [0.4, 0.5) is 5.69 Å². The van der Waals surface area contributed by atoms with Gasteiger partial charge in [0.2, 0.25) is 10.0 Å². The summed E-state index contributed by atoms with van der Waals surface area (Å²) in [6, 6.07) is 16.6. The largest absolute Gasteiger partial charge is 0.345 e. The van der Waals surface area contributed by atoms with Crippen molar-refractivity contribution in [1.82, 2.24) is 5.32 Å². The quantitative estimate of drug-likeness (QED) is 0.875. The Morgan fingerprint density at radius 3 is 2.42 bits per heavy atom. The van der Waals surface area contributed by atoms with Crippen LogP contribution in [0.25, 0.3) is 0 Å². The summed E-state index contributed by atoms with van der Waals surface area (Å²) >= 11 is 0. The van der Waals surface area contributed by atoms with Gasteiger partial charge in [0.15, 0.2) is 0 Å². The van der Waals surface area contributed by atoms with Gasteiger partial charge in [0, 0.05) is 12.1 Å². The maximum absolute atomic E-state index is 12.8. The maximum Gasteiger partial charge on any atom is 0.251 e. The number of benzene rings is 2. The van der Waals surface area contributed by atoms with Crippen molar-refractivity contribution in [3.05, 3.63) is 65.7 Å². The topological polar surface area (TPSA) is 66.5 Å². The molecule has 26 heavy (non-hydrogen) atoms. The minimum Gasteiger partial charge on any atom is -0.345 e. The molecule has 0 aromatic heterocycles. The Kier molecular flexibility index (Phi) is 5.32. The van der Waals surface area contributed by atoms with Crippen LogP contribution in [0.2, 0.25) is 0 Å². The normalized spacial score (nSPS) is 17.3. The Hall–Kier alpha value is -2.34. The molecule has 1 amide bonds. The molecule has 0 spiro atoms. The van der Waals surface area contributed by atoms with Crippen molar-refractivity contribution in [2.75, 3.05) is 16.6 Å². The molecule has 0 unspecified atom stereocenters. The number of hydrogen-bond donors (Lipinski definition) is 1. The van der Waals surface area contributed by atoms with Crippen LogP contribution in [0, 0.1) is 5.92 Å². The average Bonchev–Trinajstić information content (AvgIpc) is 2.99. The number of anilines is 1. The molecule has 5 nitrogen and oxygen atoms in total. The second-order valence-corrected chi connectivity index (χ2v) is 8.91. The van der Waals surface area contributed by atoms with Crippen molar-refractivity contribution in [2.45, 2.75) is 26.3 Å². The first kappa shape index (κ1) is 18.5. The van der Waals surface area contributed by atoms with Crippen molar-refractivity contribution >= 4 is 21.6 Å². The van der Waals surface area contributed by atoms with Gasteiger partial charge in [0.25, 0.3) is 5.91 Å². The van der Waals surface area contributed by atoms with E-state index in [2.05, 4.69) is 19.2 Å². The van der Waals surface area contributed by atoms with E-state index < -0.39 is 10.0 Å². The van der Waals surface area contributed by atoms with Crippen LogP contribution in [-0.4, -0.2) is 26.6 Å². The molecule has 1 heterocycles. The molecule has 1 saturated heterocycles. The molecule has 1 aliphatic heterocycles. The first-order valence-corrected chi connectivity index (χ1v) is 10.5. The van der Waals surface area contributed by atoms with E-state index in [1.807, 2.05) is 30.3 Å². The summed E-state index contributed by atoms with van der Waals surface area (Å²) in [5, 5.41) is 3.08. The van der Waals surface area contributed by atoms with Gasteiger partial charge in [0.1, 0.15) is 0 Å². The summed E-state index contributed by atoms with van der Waals surface area (Å²) < 4.78 is 25.6. The highest BCUT2D eigenvalue weighted by atomic mass is 32.2. The molecule has 0 saturated carbocycles. The predicted molar refractivity (Wildman–Crippen MR) is 104 cm³/mol. The number of rotatable bonds is 5. The number of carbonyl (C=O) groups excluding carboxylic acids is 1. The van der Waals surface area contributed by atoms with E-state index in [-0.39, 0.29) is 23.6 Å². The number of amides is 1. The zero-order chi connectivity index (χ0) is 18.7.